The van der Waals surface area contributed by atoms with Crippen LogP contribution < -0.4 is 0 Å². The monoisotopic (exact) mass is 350 g/mol. The third-order valence-corrected chi connectivity index (χ3v) is 3.62. The first kappa shape index (κ1) is 18.1. The molecule has 0 saturated carbocycles. The predicted molar refractivity (Wildman–Crippen MR) is 84.0 cm³/mol. The third-order valence-electron chi connectivity index (χ3n) is 3.62. The number of halogens is 1. The molecule has 25 heavy (non-hydrogen) atoms. The average molecular weight is 350 g/mol. The maximum absolute atomic E-state index is 13.6. The van der Waals surface area contributed by atoms with Crippen LogP contribution in [0, 0.1) is 29.8 Å². The summed E-state index contributed by atoms with van der Waals surface area (Å²) in [6.07, 6.45) is 0. The van der Waals surface area contributed by atoms with Crippen molar-refractivity contribution in [3.05, 3.63) is 62.3 Å². The van der Waals surface area contributed by atoms with Crippen LogP contribution >= 0.6 is 0 Å². The fourth-order valence-electron chi connectivity index (χ4n) is 2.49. The average Bonchev–Trinajstić information content (AvgIpc) is 2.85. The van der Waals surface area contributed by atoms with Crippen LogP contribution in [0.5, 0.6) is 0 Å². The maximum Gasteiger partial charge on any atom is 0.339 e. The van der Waals surface area contributed by atoms with Crippen LogP contribution in [0.3, 0.4) is 0 Å². The summed E-state index contributed by atoms with van der Waals surface area (Å²) in [6.45, 7) is 2.68. The number of aromatic carboxylic acids is 1. The first-order valence-corrected chi connectivity index (χ1v) is 7.14. The number of amides is 1. The van der Waals surface area contributed by atoms with Gasteiger partial charge in [0.1, 0.15) is 28.5 Å². The minimum atomic E-state index is -1.17. The van der Waals surface area contributed by atoms with Gasteiger partial charge in [-0.15, -0.1) is 0 Å². The smallest absolute Gasteiger partial charge is 0.339 e. The topological polar surface area (TPSA) is 114 Å². The molecule has 0 atom stereocenters. The molecule has 132 valence electrons. The van der Waals surface area contributed by atoms with Gasteiger partial charge in [-0.3, -0.25) is 14.9 Å². The lowest BCUT2D eigenvalue weighted by atomic mass is 10.1. The summed E-state index contributed by atoms with van der Waals surface area (Å²) in [5.41, 5.74) is -0.862. The Kier molecular flexibility index (Phi) is 4.87. The second kappa shape index (κ2) is 6.71. The summed E-state index contributed by atoms with van der Waals surface area (Å²) in [5, 5.41) is 20.2. The van der Waals surface area contributed by atoms with E-state index in [9.17, 15) is 24.1 Å². The molecular weight excluding hydrogens is 335 g/mol. The summed E-state index contributed by atoms with van der Waals surface area (Å²) in [5.74, 6) is -2.34. The quantitative estimate of drug-likeness (QED) is 0.655. The highest BCUT2D eigenvalue weighted by molar-refractivity contribution is 5.98. The number of carbonyl (C=O) groups is 2. The van der Waals surface area contributed by atoms with Crippen LogP contribution in [0.1, 0.15) is 37.8 Å². The molecule has 1 amide bonds. The van der Waals surface area contributed by atoms with Gasteiger partial charge in [-0.1, -0.05) is 0 Å². The number of nitro groups is 1. The molecular formula is C16H15FN2O6. The fraction of sp³-hybridized carbons (Fsp3) is 0.250. The first-order chi connectivity index (χ1) is 11.6. The summed E-state index contributed by atoms with van der Waals surface area (Å²) in [6, 6.07) is 3.05. The van der Waals surface area contributed by atoms with Crippen LogP contribution in [0.4, 0.5) is 10.1 Å². The molecule has 0 spiro atoms. The second-order valence-electron chi connectivity index (χ2n) is 5.52. The lowest BCUT2D eigenvalue weighted by Gasteiger charge is -2.16. The molecule has 1 aromatic heterocycles. The summed E-state index contributed by atoms with van der Waals surface area (Å²) in [7, 11) is 1.35. The third kappa shape index (κ3) is 3.65. The van der Waals surface area contributed by atoms with E-state index in [0.29, 0.717) is 0 Å². The second-order valence-corrected chi connectivity index (χ2v) is 5.52. The highest BCUT2D eigenvalue weighted by Crippen LogP contribution is 2.26. The normalized spacial score (nSPS) is 10.6. The van der Waals surface area contributed by atoms with E-state index < -0.39 is 28.3 Å². The van der Waals surface area contributed by atoms with Crippen molar-refractivity contribution in [2.24, 2.45) is 0 Å². The van der Waals surface area contributed by atoms with Gasteiger partial charge >= 0.3 is 5.97 Å². The summed E-state index contributed by atoms with van der Waals surface area (Å²) < 4.78 is 18.9. The number of furan rings is 1. The molecule has 0 unspecified atom stereocenters. The molecule has 1 aromatic carbocycles. The zero-order valence-electron chi connectivity index (χ0n) is 13.7. The Morgan fingerprint density at radius 1 is 1.28 bits per heavy atom. The summed E-state index contributed by atoms with van der Waals surface area (Å²) >= 11 is 0. The van der Waals surface area contributed by atoms with Gasteiger partial charge in [-0.05, 0) is 32.0 Å². The van der Waals surface area contributed by atoms with E-state index in [1.807, 2.05) is 0 Å². The minimum Gasteiger partial charge on any atom is -0.478 e. The predicted octanol–water partition coefficient (Wildman–Crippen LogP) is 2.91. The molecule has 2 rings (SSSR count). The van der Waals surface area contributed by atoms with E-state index in [4.69, 9.17) is 9.52 Å². The van der Waals surface area contributed by atoms with Gasteiger partial charge in [0.25, 0.3) is 11.6 Å². The van der Waals surface area contributed by atoms with Gasteiger partial charge < -0.3 is 14.4 Å². The number of aryl methyl sites for hydroxylation is 2. The van der Waals surface area contributed by atoms with Crippen molar-refractivity contribution < 1.29 is 28.4 Å². The molecule has 1 N–H and O–H groups in total. The highest BCUT2D eigenvalue weighted by Gasteiger charge is 2.27. The Labute approximate surface area is 141 Å². The Morgan fingerprint density at radius 3 is 2.44 bits per heavy atom. The molecule has 2 aromatic rings. The van der Waals surface area contributed by atoms with Gasteiger partial charge in [-0.2, -0.15) is 0 Å². The SMILES string of the molecule is Cc1cc(F)cc(C(=O)N(C)Cc2cc(C(=O)O)c(C)o2)c1[N+](=O)[O-]. The Balaban J connectivity index is 2.33. The van der Waals surface area contributed by atoms with Gasteiger partial charge in [0.05, 0.1) is 11.5 Å². The number of hydrogen-bond acceptors (Lipinski definition) is 5. The van der Waals surface area contributed by atoms with Crippen molar-refractivity contribution in [3.8, 4) is 0 Å². The van der Waals surface area contributed by atoms with Crippen LogP contribution in [0.15, 0.2) is 22.6 Å². The van der Waals surface area contributed by atoms with Gasteiger partial charge in [-0.25, -0.2) is 9.18 Å². The van der Waals surface area contributed by atoms with Crippen molar-refractivity contribution in [2.45, 2.75) is 20.4 Å². The number of carboxylic acids is 1. The van der Waals surface area contributed by atoms with Gasteiger partial charge in [0.15, 0.2) is 0 Å². The molecule has 9 heteroatoms. The number of benzene rings is 1. The van der Waals surface area contributed by atoms with Crippen LogP contribution in [-0.4, -0.2) is 33.9 Å². The van der Waals surface area contributed by atoms with Gasteiger partial charge in [0, 0.05) is 12.6 Å². The summed E-state index contributed by atoms with van der Waals surface area (Å²) in [4.78, 5) is 35.1. The molecule has 0 fully saturated rings. The Hall–Kier alpha value is -3.23. The largest absolute Gasteiger partial charge is 0.478 e. The molecule has 0 saturated heterocycles. The number of hydrogen-bond donors (Lipinski definition) is 1. The van der Waals surface area contributed by atoms with E-state index in [1.54, 1.807) is 0 Å². The van der Waals surface area contributed by atoms with Crippen molar-refractivity contribution in [2.75, 3.05) is 7.05 Å². The zero-order chi connectivity index (χ0) is 18.9. The standard InChI is InChI=1S/C16H15FN2O6/c1-8-4-10(17)5-13(14(8)19(23)24)15(20)18(3)7-11-6-12(16(21)22)9(2)25-11/h4-6H,7H2,1-3H3,(H,21,22). The van der Waals surface area contributed by atoms with E-state index in [-0.39, 0.29) is 34.8 Å². The molecule has 0 aliphatic heterocycles. The number of nitrogens with zero attached hydrogens (tertiary/aromatic N) is 2. The number of carboxylic acid groups (broad SMARTS) is 1. The molecule has 8 nitrogen and oxygen atoms in total. The molecule has 0 aliphatic carbocycles. The van der Waals surface area contributed by atoms with E-state index >= 15 is 0 Å². The van der Waals surface area contributed by atoms with Crippen LogP contribution in [0.2, 0.25) is 0 Å². The highest BCUT2D eigenvalue weighted by atomic mass is 19.1. The van der Waals surface area contributed by atoms with Gasteiger partial charge in [0.2, 0.25) is 0 Å². The van der Waals surface area contributed by atoms with E-state index in [0.717, 1.165) is 17.0 Å². The molecule has 0 radical (unpaired) electrons. The fourth-order valence-corrected chi connectivity index (χ4v) is 2.49. The lowest BCUT2D eigenvalue weighted by Crippen LogP contribution is -2.27. The van der Waals surface area contributed by atoms with E-state index in [1.165, 1.54) is 27.0 Å². The first-order valence-electron chi connectivity index (χ1n) is 7.14. The lowest BCUT2D eigenvalue weighted by molar-refractivity contribution is -0.385. The number of carbonyl (C=O) groups excluding carboxylic acids is 1. The number of nitro benzene ring substituents is 1. The molecule has 1 heterocycles. The Morgan fingerprint density at radius 2 is 1.92 bits per heavy atom. The van der Waals surface area contributed by atoms with Crippen molar-refractivity contribution in [1.82, 2.24) is 4.90 Å². The molecule has 0 bridgehead atoms. The minimum absolute atomic E-state index is 0.0313. The maximum atomic E-state index is 13.6. The van der Waals surface area contributed by atoms with Crippen molar-refractivity contribution in [1.29, 1.82) is 0 Å². The van der Waals surface area contributed by atoms with E-state index in [2.05, 4.69) is 0 Å². The van der Waals surface area contributed by atoms with Crippen LogP contribution in [0.25, 0.3) is 0 Å². The van der Waals surface area contributed by atoms with Crippen molar-refractivity contribution in [3.63, 3.8) is 0 Å². The van der Waals surface area contributed by atoms with Crippen molar-refractivity contribution >= 4 is 17.6 Å². The Bertz CT molecular complexity index is 874. The molecule has 0 aliphatic rings. The number of rotatable bonds is 5. The van der Waals surface area contributed by atoms with Crippen LogP contribution in [-0.2, 0) is 6.54 Å². The zero-order valence-corrected chi connectivity index (χ0v) is 13.7.